The summed E-state index contributed by atoms with van der Waals surface area (Å²) in [7, 11) is 0. The van der Waals surface area contributed by atoms with Gasteiger partial charge in [-0.25, -0.2) is 0 Å². The van der Waals surface area contributed by atoms with Crippen LogP contribution in [0.5, 0.6) is 11.5 Å². The van der Waals surface area contributed by atoms with Crippen LogP contribution in [0.4, 0.5) is 5.69 Å². The Kier molecular flexibility index (Phi) is 5.87. The Labute approximate surface area is 126 Å². The molecule has 0 aromatic heterocycles. The largest absolute Gasteiger partial charge is 0.490 e. The Balaban J connectivity index is 2.05. The highest BCUT2D eigenvalue weighted by Gasteiger charge is 2.21. The molecule has 5 heteroatoms. The topological polar surface area (TPSA) is 59.6 Å². The van der Waals surface area contributed by atoms with Gasteiger partial charge in [-0.05, 0) is 45.4 Å². The van der Waals surface area contributed by atoms with Crippen LogP contribution in [0.3, 0.4) is 0 Å². The molecule has 0 radical (unpaired) electrons. The Morgan fingerprint density at radius 1 is 1.29 bits per heavy atom. The molecule has 1 aromatic rings. The summed E-state index contributed by atoms with van der Waals surface area (Å²) in [6.45, 7) is 6.75. The smallest absolute Gasteiger partial charge is 0.228 e. The van der Waals surface area contributed by atoms with Gasteiger partial charge in [0.25, 0.3) is 0 Å². The molecule has 2 N–H and O–H groups in total. The normalized spacial score (nSPS) is 18.1. The van der Waals surface area contributed by atoms with Crippen molar-refractivity contribution in [1.82, 2.24) is 5.32 Å². The average Bonchev–Trinajstić information content (AvgIpc) is 2.51. The van der Waals surface area contributed by atoms with E-state index in [4.69, 9.17) is 9.47 Å². The van der Waals surface area contributed by atoms with Crippen molar-refractivity contribution in [3.63, 3.8) is 0 Å². The maximum Gasteiger partial charge on any atom is 0.228 e. The molecule has 1 amide bonds. The zero-order valence-corrected chi connectivity index (χ0v) is 12.8. The quantitative estimate of drug-likeness (QED) is 0.845. The summed E-state index contributed by atoms with van der Waals surface area (Å²) < 4.78 is 11.1. The highest BCUT2D eigenvalue weighted by molar-refractivity contribution is 5.93. The van der Waals surface area contributed by atoms with E-state index in [0.717, 1.165) is 31.6 Å². The Bertz CT molecular complexity index is 471. The fourth-order valence-electron chi connectivity index (χ4n) is 2.45. The maximum absolute atomic E-state index is 12.2. The first-order valence-corrected chi connectivity index (χ1v) is 7.65. The number of benzene rings is 1. The number of anilines is 1. The van der Waals surface area contributed by atoms with E-state index in [1.54, 1.807) is 0 Å². The van der Waals surface area contributed by atoms with Gasteiger partial charge in [0.15, 0.2) is 11.5 Å². The number of piperidine rings is 1. The fourth-order valence-corrected chi connectivity index (χ4v) is 2.45. The summed E-state index contributed by atoms with van der Waals surface area (Å²) in [4.78, 5) is 12.2. The second-order valence-corrected chi connectivity index (χ2v) is 5.06. The Morgan fingerprint density at radius 3 is 2.71 bits per heavy atom. The van der Waals surface area contributed by atoms with E-state index in [1.807, 2.05) is 32.0 Å². The van der Waals surface area contributed by atoms with E-state index in [2.05, 4.69) is 10.6 Å². The number of carbonyl (C=O) groups is 1. The SMILES string of the molecule is CCOc1ccc(NC(=O)[C@@H]2CCCNC2)cc1OCC. The molecule has 1 saturated heterocycles. The Hall–Kier alpha value is -1.75. The number of hydrogen-bond acceptors (Lipinski definition) is 4. The van der Waals surface area contributed by atoms with Crippen LogP contribution in [0, 0.1) is 5.92 Å². The lowest BCUT2D eigenvalue weighted by Gasteiger charge is -2.22. The first kappa shape index (κ1) is 15.6. The summed E-state index contributed by atoms with van der Waals surface area (Å²) in [6.07, 6.45) is 1.99. The molecule has 0 spiro atoms. The van der Waals surface area contributed by atoms with Gasteiger partial charge in [0.05, 0.1) is 19.1 Å². The molecular weight excluding hydrogens is 268 g/mol. The summed E-state index contributed by atoms with van der Waals surface area (Å²) in [6, 6.07) is 5.51. The van der Waals surface area contributed by atoms with Crippen molar-refractivity contribution >= 4 is 11.6 Å². The van der Waals surface area contributed by atoms with E-state index in [1.165, 1.54) is 0 Å². The van der Waals surface area contributed by atoms with Gasteiger partial charge in [-0.15, -0.1) is 0 Å². The predicted molar refractivity (Wildman–Crippen MR) is 83.0 cm³/mol. The molecule has 0 bridgehead atoms. The van der Waals surface area contributed by atoms with Gasteiger partial charge >= 0.3 is 0 Å². The molecule has 2 rings (SSSR count). The van der Waals surface area contributed by atoms with Crippen molar-refractivity contribution in [1.29, 1.82) is 0 Å². The van der Waals surface area contributed by atoms with Gasteiger partial charge in [-0.2, -0.15) is 0 Å². The van der Waals surface area contributed by atoms with Crippen molar-refractivity contribution in [2.45, 2.75) is 26.7 Å². The number of ether oxygens (including phenoxy) is 2. The van der Waals surface area contributed by atoms with Crippen molar-refractivity contribution in [3.05, 3.63) is 18.2 Å². The third-order valence-electron chi connectivity index (χ3n) is 3.48. The standard InChI is InChI=1S/C16H24N2O3/c1-3-20-14-8-7-13(10-15(14)21-4-2)18-16(19)12-6-5-9-17-11-12/h7-8,10,12,17H,3-6,9,11H2,1-2H3,(H,18,19)/t12-/m1/s1. The van der Waals surface area contributed by atoms with Gasteiger partial charge < -0.3 is 20.1 Å². The predicted octanol–water partition coefficient (Wildman–Crippen LogP) is 2.42. The number of hydrogen-bond donors (Lipinski definition) is 2. The van der Waals surface area contributed by atoms with Crippen LogP contribution in [0.15, 0.2) is 18.2 Å². The summed E-state index contributed by atoms with van der Waals surface area (Å²) in [5.41, 5.74) is 0.748. The molecule has 0 aliphatic carbocycles. The molecule has 1 aliphatic heterocycles. The second kappa shape index (κ2) is 7.88. The molecule has 1 atom stereocenters. The van der Waals surface area contributed by atoms with Gasteiger partial charge in [-0.3, -0.25) is 4.79 Å². The molecule has 21 heavy (non-hydrogen) atoms. The van der Waals surface area contributed by atoms with Crippen LogP contribution in [-0.4, -0.2) is 32.2 Å². The third-order valence-corrected chi connectivity index (χ3v) is 3.48. The minimum absolute atomic E-state index is 0.0425. The highest BCUT2D eigenvalue weighted by Crippen LogP contribution is 2.31. The third kappa shape index (κ3) is 4.36. The van der Waals surface area contributed by atoms with Crippen molar-refractivity contribution in [2.75, 3.05) is 31.6 Å². The highest BCUT2D eigenvalue weighted by atomic mass is 16.5. The summed E-state index contributed by atoms with van der Waals surface area (Å²) in [5, 5.41) is 6.22. The van der Waals surface area contributed by atoms with E-state index >= 15 is 0 Å². The molecule has 1 aromatic carbocycles. The zero-order chi connectivity index (χ0) is 15.1. The van der Waals surface area contributed by atoms with E-state index < -0.39 is 0 Å². The molecule has 0 unspecified atom stereocenters. The van der Waals surface area contributed by atoms with Gasteiger partial charge in [0.1, 0.15) is 0 Å². The lowest BCUT2D eigenvalue weighted by atomic mass is 9.99. The molecule has 5 nitrogen and oxygen atoms in total. The van der Waals surface area contributed by atoms with Crippen LogP contribution < -0.4 is 20.1 Å². The summed E-state index contributed by atoms with van der Waals surface area (Å²) in [5.74, 6) is 1.48. The van der Waals surface area contributed by atoms with Crippen LogP contribution in [0.1, 0.15) is 26.7 Å². The minimum atomic E-state index is 0.0425. The Morgan fingerprint density at radius 2 is 2.05 bits per heavy atom. The zero-order valence-electron chi connectivity index (χ0n) is 12.8. The number of carbonyl (C=O) groups excluding carboxylic acids is 1. The summed E-state index contributed by atoms with van der Waals surface area (Å²) >= 11 is 0. The molecular formula is C16H24N2O3. The molecule has 116 valence electrons. The average molecular weight is 292 g/mol. The molecule has 0 saturated carbocycles. The lowest BCUT2D eigenvalue weighted by Crippen LogP contribution is -2.37. The van der Waals surface area contributed by atoms with Gasteiger partial charge in [-0.1, -0.05) is 0 Å². The van der Waals surface area contributed by atoms with Crippen LogP contribution >= 0.6 is 0 Å². The lowest BCUT2D eigenvalue weighted by molar-refractivity contribution is -0.120. The first-order chi connectivity index (χ1) is 10.2. The number of rotatable bonds is 6. The molecule has 1 fully saturated rings. The number of nitrogens with one attached hydrogen (secondary N) is 2. The van der Waals surface area contributed by atoms with Gasteiger partial charge in [0.2, 0.25) is 5.91 Å². The number of amides is 1. The second-order valence-electron chi connectivity index (χ2n) is 5.06. The van der Waals surface area contributed by atoms with Crippen molar-refractivity contribution in [2.24, 2.45) is 5.92 Å². The monoisotopic (exact) mass is 292 g/mol. The van der Waals surface area contributed by atoms with Crippen molar-refractivity contribution < 1.29 is 14.3 Å². The molecule has 1 heterocycles. The minimum Gasteiger partial charge on any atom is -0.490 e. The van der Waals surface area contributed by atoms with E-state index in [9.17, 15) is 4.79 Å². The van der Waals surface area contributed by atoms with E-state index in [0.29, 0.717) is 24.7 Å². The van der Waals surface area contributed by atoms with Crippen molar-refractivity contribution in [3.8, 4) is 11.5 Å². The van der Waals surface area contributed by atoms with Crippen LogP contribution in [0.25, 0.3) is 0 Å². The maximum atomic E-state index is 12.2. The van der Waals surface area contributed by atoms with E-state index in [-0.39, 0.29) is 11.8 Å². The van der Waals surface area contributed by atoms with Gasteiger partial charge in [0, 0.05) is 18.3 Å². The fraction of sp³-hybridized carbons (Fsp3) is 0.562. The van der Waals surface area contributed by atoms with Crippen LogP contribution in [0.2, 0.25) is 0 Å². The molecule has 1 aliphatic rings. The van der Waals surface area contributed by atoms with Crippen LogP contribution in [-0.2, 0) is 4.79 Å². The first-order valence-electron chi connectivity index (χ1n) is 7.65.